The highest BCUT2D eigenvalue weighted by Crippen LogP contribution is 2.20. The molecular weight excluding hydrogens is 346 g/mol. The minimum atomic E-state index is -1.06. The van der Waals surface area contributed by atoms with Gasteiger partial charge in [-0.15, -0.1) is 0 Å². The fourth-order valence-corrected chi connectivity index (χ4v) is 3.43. The number of hydrogen-bond donors (Lipinski definition) is 3. The number of benzene rings is 1. The molecule has 148 valence electrons. The molecule has 7 nitrogen and oxygen atoms in total. The van der Waals surface area contributed by atoms with Gasteiger partial charge in [-0.25, -0.2) is 4.79 Å². The smallest absolute Gasteiger partial charge is 0.326 e. The first kappa shape index (κ1) is 20.9. The molecule has 7 heteroatoms. The van der Waals surface area contributed by atoms with Gasteiger partial charge in [-0.2, -0.15) is 0 Å². The molecule has 1 heterocycles. The van der Waals surface area contributed by atoms with Crippen LogP contribution in [0.25, 0.3) is 0 Å². The SMILES string of the molecule is CC(C)CC(NC(=O)C1CCCN1C(=O)C(N)Cc1ccccc1)C(=O)O. The third-order valence-corrected chi connectivity index (χ3v) is 4.78. The molecule has 1 fully saturated rings. The zero-order chi connectivity index (χ0) is 20.0. The van der Waals surface area contributed by atoms with Crippen LogP contribution >= 0.6 is 0 Å². The molecule has 27 heavy (non-hydrogen) atoms. The van der Waals surface area contributed by atoms with E-state index in [0.29, 0.717) is 32.2 Å². The van der Waals surface area contributed by atoms with Crippen molar-refractivity contribution in [3.05, 3.63) is 35.9 Å². The fraction of sp³-hybridized carbons (Fsp3) is 0.550. The molecule has 0 spiro atoms. The fourth-order valence-electron chi connectivity index (χ4n) is 3.43. The quantitative estimate of drug-likeness (QED) is 0.631. The van der Waals surface area contributed by atoms with Crippen LogP contribution in [0.15, 0.2) is 30.3 Å². The Morgan fingerprint density at radius 3 is 2.52 bits per heavy atom. The van der Waals surface area contributed by atoms with Crippen LogP contribution in [0.1, 0.15) is 38.7 Å². The Morgan fingerprint density at radius 1 is 1.26 bits per heavy atom. The van der Waals surface area contributed by atoms with E-state index in [1.807, 2.05) is 44.2 Å². The summed E-state index contributed by atoms with van der Waals surface area (Å²) >= 11 is 0. The summed E-state index contributed by atoms with van der Waals surface area (Å²) in [4.78, 5) is 38.3. The first-order chi connectivity index (χ1) is 12.8. The molecule has 1 aromatic carbocycles. The van der Waals surface area contributed by atoms with E-state index < -0.39 is 30.0 Å². The van der Waals surface area contributed by atoms with Crippen molar-refractivity contribution in [1.82, 2.24) is 10.2 Å². The van der Waals surface area contributed by atoms with Gasteiger partial charge in [0.25, 0.3) is 0 Å². The van der Waals surface area contributed by atoms with Crippen molar-refractivity contribution >= 4 is 17.8 Å². The Morgan fingerprint density at radius 2 is 1.93 bits per heavy atom. The maximum atomic E-state index is 12.8. The molecule has 1 aliphatic rings. The van der Waals surface area contributed by atoms with Crippen LogP contribution < -0.4 is 11.1 Å². The number of likely N-dealkylation sites (tertiary alicyclic amines) is 1. The second-order valence-corrected chi connectivity index (χ2v) is 7.51. The standard InChI is InChI=1S/C20H29N3O4/c1-13(2)11-16(20(26)27)22-18(24)17-9-6-10-23(17)19(25)15(21)12-14-7-4-3-5-8-14/h3-5,7-8,13,15-17H,6,9-12,21H2,1-2H3,(H,22,24)(H,26,27). The molecule has 0 saturated carbocycles. The van der Waals surface area contributed by atoms with E-state index in [4.69, 9.17) is 5.73 Å². The number of amides is 2. The molecule has 1 saturated heterocycles. The number of rotatable bonds is 8. The zero-order valence-corrected chi connectivity index (χ0v) is 15.9. The van der Waals surface area contributed by atoms with Gasteiger partial charge in [0.05, 0.1) is 6.04 Å². The predicted octanol–water partition coefficient (Wildman–Crippen LogP) is 1.16. The van der Waals surface area contributed by atoms with Crippen molar-refractivity contribution in [1.29, 1.82) is 0 Å². The van der Waals surface area contributed by atoms with Crippen LogP contribution in [0.2, 0.25) is 0 Å². The normalized spacial score (nSPS) is 19.0. The second kappa shape index (κ2) is 9.50. The molecule has 2 amide bonds. The first-order valence-electron chi connectivity index (χ1n) is 9.42. The first-order valence-corrected chi connectivity index (χ1v) is 9.42. The van der Waals surface area contributed by atoms with Gasteiger partial charge in [0.15, 0.2) is 0 Å². The van der Waals surface area contributed by atoms with Gasteiger partial charge >= 0.3 is 5.97 Å². The van der Waals surface area contributed by atoms with Crippen molar-refractivity contribution < 1.29 is 19.5 Å². The topological polar surface area (TPSA) is 113 Å². The Balaban J connectivity index is 2.01. The highest BCUT2D eigenvalue weighted by Gasteiger charge is 2.37. The highest BCUT2D eigenvalue weighted by molar-refractivity contribution is 5.92. The Kier molecular flexibility index (Phi) is 7.36. The van der Waals surface area contributed by atoms with Gasteiger partial charge < -0.3 is 21.1 Å². The maximum absolute atomic E-state index is 12.8. The molecule has 4 N–H and O–H groups in total. The number of hydrogen-bond acceptors (Lipinski definition) is 4. The summed E-state index contributed by atoms with van der Waals surface area (Å²) < 4.78 is 0. The number of carboxylic acid groups (broad SMARTS) is 1. The van der Waals surface area contributed by atoms with Crippen LogP contribution in [0, 0.1) is 5.92 Å². The van der Waals surface area contributed by atoms with Gasteiger partial charge in [0.2, 0.25) is 11.8 Å². The summed E-state index contributed by atoms with van der Waals surface area (Å²) in [7, 11) is 0. The third-order valence-electron chi connectivity index (χ3n) is 4.78. The van der Waals surface area contributed by atoms with E-state index in [1.54, 1.807) is 0 Å². The van der Waals surface area contributed by atoms with E-state index in [1.165, 1.54) is 4.90 Å². The number of aliphatic carboxylic acids is 1. The third kappa shape index (κ3) is 5.79. The van der Waals surface area contributed by atoms with Gasteiger partial charge in [0.1, 0.15) is 12.1 Å². The summed E-state index contributed by atoms with van der Waals surface area (Å²) in [6.07, 6.45) is 1.96. The van der Waals surface area contributed by atoms with Crippen LogP contribution in [-0.2, 0) is 20.8 Å². The number of carboxylic acids is 1. The van der Waals surface area contributed by atoms with Gasteiger partial charge in [-0.05, 0) is 37.2 Å². The lowest BCUT2D eigenvalue weighted by Crippen LogP contribution is -2.54. The summed E-state index contributed by atoms with van der Waals surface area (Å²) in [6, 6.07) is 7.15. The summed E-state index contributed by atoms with van der Waals surface area (Å²) in [6.45, 7) is 4.26. The molecule has 0 aliphatic carbocycles. The van der Waals surface area contributed by atoms with E-state index in [-0.39, 0.29) is 11.8 Å². The predicted molar refractivity (Wildman–Crippen MR) is 102 cm³/mol. The number of carbonyl (C=O) groups excluding carboxylic acids is 2. The average molecular weight is 375 g/mol. The van der Waals surface area contributed by atoms with Crippen molar-refractivity contribution in [3.8, 4) is 0 Å². The maximum Gasteiger partial charge on any atom is 0.326 e. The van der Waals surface area contributed by atoms with Crippen LogP contribution in [-0.4, -0.2) is 52.5 Å². The van der Waals surface area contributed by atoms with Crippen LogP contribution in [0.4, 0.5) is 0 Å². The van der Waals surface area contributed by atoms with Gasteiger partial charge in [0, 0.05) is 6.54 Å². The molecule has 2 rings (SSSR count). The summed E-state index contributed by atoms with van der Waals surface area (Å²) in [5.41, 5.74) is 7.05. The lowest BCUT2D eigenvalue weighted by molar-refractivity contribution is -0.144. The van der Waals surface area contributed by atoms with E-state index in [0.717, 1.165) is 5.56 Å². The van der Waals surface area contributed by atoms with Crippen LogP contribution in [0.5, 0.6) is 0 Å². The average Bonchev–Trinajstić information content (AvgIpc) is 3.10. The van der Waals surface area contributed by atoms with Crippen molar-refractivity contribution in [2.45, 2.75) is 57.7 Å². The lowest BCUT2D eigenvalue weighted by atomic mass is 10.0. The van der Waals surface area contributed by atoms with Gasteiger partial charge in [-0.1, -0.05) is 44.2 Å². The van der Waals surface area contributed by atoms with Gasteiger partial charge in [-0.3, -0.25) is 9.59 Å². The Labute approximate surface area is 159 Å². The van der Waals surface area contributed by atoms with E-state index >= 15 is 0 Å². The number of carbonyl (C=O) groups is 3. The molecule has 0 bridgehead atoms. The van der Waals surface area contributed by atoms with E-state index in [9.17, 15) is 19.5 Å². The second-order valence-electron chi connectivity index (χ2n) is 7.51. The zero-order valence-electron chi connectivity index (χ0n) is 15.9. The minimum absolute atomic E-state index is 0.131. The Bertz CT molecular complexity index is 662. The number of nitrogens with one attached hydrogen (secondary N) is 1. The largest absolute Gasteiger partial charge is 0.480 e. The van der Waals surface area contributed by atoms with E-state index in [2.05, 4.69) is 5.32 Å². The molecule has 0 radical (unpaired) electrons. The Hall–Kier alpha value is -2.41. The lowest BCUT2D eigenvalue weighted by Gasteiger charge is -2.28. The molecular formula is C20H29N3O4. The summed E-state index contributed by atoms with van der Waals surface area (Å²) in [5.74, 6) is -1.62. The monoisotopic (exact) mass is 375 g/mol. The van der Waals surface area contributed by atoms with Crippen LogP contribution in [0.3, 0.4) is 0 Å². The molecule has 3 unspecified atom stereocenters. The molecule has 1 aliphatic heterocycles. The van der Waals surface area contributed by atoms with Crippen molar-refractivity contribution in [2.24, 2.45) is 11.7 Å². The van der Waals surface area contributed by atoms with Crippen molar-refractivity contribution in [3.63, 3.8) is 0 Å². The number of nitrogens with zero attached hydrogens (tertiary/aromatic N) is 1. The highest BCUT2D eigenvalue weighted by atomic mass is 16.4. The summed E-state index contributed by atoms with van der Waals surface area (Å²) in [5, 5.41) is 11.9. The minimum Gasteiger partial charge on any atom is -0.480 e. The molecule has 1 aromatic rings. The number of nitrogens with two attached hydrogens (primary N) is 1. The molecule has 3 atom stereocenters. The van der Waals surface area contributed by atoms with Crippen molar-refractivity contribution in [2.75, 3.05) is 6.54 Å². The molecule has 0 aromatic heterocycles.